The van der Waals surface area contributed by atoms with Crippen LogP contribution in [0.3, 0.4) is 0 Å². The first-order valence-corrected chi connectivity index (χ1v) is 42.4. The molecule has 8 aromatic carbocycles. The molecule has 130 heavy (non-hydrogen) atoms. The Hall–Kier alpha value is -14.0. The third-order valence-electron chi connectivity index (χ3n) is 19.6. The maximum atomic E-state index is 12.8. The molecule has 0 saturated heterocycles. The molecule has 3 amide bonds. The first-order valence-electron chi connectivity index (χ1n) is 42.4. The van der Waals surface area contributed by atoms with Crippen LogP contribution in [0.4, 0.5) is 0 Å². The molecule has 4 heterocycles. The van der Waals surface area contributed by atoms with Crippen molar-refractivity contribution in [1.29, 1.82) is 0 Å². The number of carboxylic acids is 2. The van der Waals surface area contributed by atoms with E-state index < -0.39 is 17.9 Å². The van der Waals surface area contributed by atoms with E-state index in [-0.39, 0.29) is 89.2 Å². The van der Waals surface area contributed by atoms with E-state index in [0.717, 1.165) is 50.1 Å². The number of carbonyl (C=O) groups is 8. The van der Waals surface area contributed by atoms with Crippen molar-refractivity contribution in [3.8, 4) is 46.0 Å². The molecule has 0 fully saturated rings. The van der Waals surface area contributed by atoms with Crippen LogP contribution in [0.15, 0.2) is 292 Å². The number of benzene rings is 8. The molecule has 12 aromatic rings. The number of ether oxygens (including phenoxy) is 7. The standard InChI is InChI=1S/C27H30N2O4.C25H27N3O3.C25H25NO5.C25H23NO5.C2H5O.Na/c1-4-32-26(30)16-9-20-7-12-23(13-8-20)33-24-14-10-22(11-15-24)25(27(31)29(2)3)18-21-6-5-17-28-19-21;1-28(2)25(30)23(16-19-4-3-15-27-17-19)20-8-12-22(13-9-20)31-21-10-5-18(6-11-21)7-14-24(26)29;2*1-2-30-24(27)14-7-18-5-10-21(11-6-18)31-22-12-8-20(9-13-22)23(25(28)29)16-19-4-3-15-26-17-19;1-2-3;/h5-8,10-15,17,19,25H,4,9,16,18H2,1-3H3;3-6,8-13,15,17,23H,7,14,16H2,1-2H3,(H2,26,29);3-6,8-13,15,17,23H,2,7,14,16H2,1H3,(H,28,29);3-6,8-13,15-17H,2,7,14H2,1H3,(H,28,29);2H2,1H3;/q;;;;-1;+1/b;;;23-16+;;. The summed E-state index contributed by atoms with van der Waals surface area (Å²) in [6, 6.07) is 74.4. The van der Waals surface area contributed by atoms with Crippen molar-refractivity contribution < 1.29 is 116 Å². The molecular formula is C104H110N7NaO18. The fraction of sp³-hybridized carbons (Fsp3) is 0.250. The number of rotatable bonds is 38. The van der Waals surface area contributed by atoms with Gasteiger partial charge < -0.3 is 64.0 Å². The number of pyridine rings is 4. The molecule has 0 spiro atoms. The fourth-order valence-electron chi connectivity index (χ4n) is 13.0. The van der Waals surface area contributed by atoms with E-state index in [1.807, 2.05) is 176 Å². The van der Waals surface area contributed by atoms with Crippen molar-refractivity contribution in [1.82, 2.24) is 29.7 Å². The van der Waals surface area contributed by atoms with Gasteiger partial charge in [0.2, 0.25) is 17.7 Å². The number of primary amides is 1. The summed E-state index contributed by atoms with van der Waals surface area (Å²) in [6.07, 6.45) is 20.6. The summed E-state index contributed by atoms with van der Waals surface area (Å²) in [5.74, 6) is 1.35. The average Bonchev–Trinajstić information content (AvgIpc) is 0.848. The molecule has 0 aliphatic carbocycles. The number of aromatic nitrogens is 4. The first kappa shape index (κ1) is 103. The van der Waals surface area contributed by atoms with Crippen LogP contribution in [-0.4, -0.2) is 142 Å². The third-order valence-corrected chi connectivity index (χ3v) is 19.6. The van der Waals surface area contributed by atoms with E-state index >= 15 is 0 Å². The van der Waals surface area contributed by atoms with Gasteiger partial charge in [0, 0.05) is 103 Å². The van der Waals surface area contributed by atoms with Crippen LogP contribution < -0.4 is 59.3 Å². The molecule has 4 N–H and O–H groups in total. The van der Waals surface area contributed by atoms with Crippen LogP contribution in [0.2, 0.25) is 0 Å². The normalized spacial score (nSPS) is 11.2. The predicted octanol–water partition coefficient (Wildman–Crippen LogP) is 14.6. The van der Waals surface area contributed by atoms with Crippen LogP contribution in [0, 0.1) is 0 Å². The molecule has 670 valence electrons. The zero-order valence-corrected chi connectivity index (χ0v) is 76.8. The van der Waals surface area contributed by atoms with Crippen LogP contribution in [-0.2, 0) is 97.5 Å². The zero-order valence-electron chi connectivity index (χ0n) is 74.8. The molecule has 0 radical (unpaired) electrons. The Labute approximate surface area is 781 Å². The van der Waals surface area contributed by atoms with Gasteiger partial charge in [0.15, 0.2) is 0 Å². The number of carboxylic acid groups (broad SMARTS) is 2. The summed E-state index contributed by atoms with van der Waals surface area (Å²) in [5.41, 5.74) is 16.2. The monoisotopic (exact) mass is 1770 g/mol. The van der Waals surface area contributed by atoms with Crippen molar-refractivity contribution in [2.24, 2.45) is 5.73 Å². The number of carbonyl (C=O) groups excluding carboxylic acids is 6. The summed E-state index contributed by atoms with van der Waals surface area (Å²) < 4.78 is 38.4. The molecule has 0 bridgehead atoms. The minimum Gasteiger partial charge on any atom is -0.855 e. The minimum atomic E-state index is -1.02. The number of esters is 3. The Morgan fingerprint density at radius 2 is 0.623 bits per heavy atom. The number of amides is 3. The number of hydrogen-bond donors (Lipinski definition) is 3. The van der Waals surface area contributed by atoms with Crippen LogP contribution in [0.1, 0.15) is 138 Å². The van der Waals surface area contributed by atoms with Gasteiger partial charge in [-0.25, -0.2) is 4.79 Å². The summed E-state index contributed by atoms with van der Waals surface area (Å²) in [4.78, 5) is 114. The number of hydrogen-bond acceptors (Lipinski definition) is 20. The Morgan fingerprint density at radius 1 is 0.362 bits per heavy atom. The van der Waals surface area contributed by atoms with Crippen molar-refractivity contribution in [2.45, 2.75) is 116 Å². The van der Waals surface area contributed by atoms with Crippen molar-refractivity contribution in [3.63, 3.8) is 0 Å². The molecule has 0 aliphatic heterocycles. The third kappa shape index (κ3) is 36.8. The maximum absolute atomic E-state index is 12.8. The molecule has 3 atom stereocenters. The number of likely N-dealkylation sites (N-methyl/N-ethyl adjacent to an activating group) is 2. The van der Waals surface area contributed by atoms with Gasteiger partial charge in [-0.15, -0.1) is 6.61 Å². The summed E-state index contributed by atoms with van der Waals surface area (Å²) >= 11 is 0. The van der Waals surface area contributed by atoms with Crippen molar-refractivity contribution >= 4 is 59.2 Å². The van der Waals surface area contributed by atoms with E-state index in [1.54, 1.807) is 188 Å². The Balaban J connectivity index is 0.000000234. The fourth-order valence-corrected chi connectivity index (χ4v) is 13.0. The number of nitrogens with zero attached hydrogens (tertiary/aromatic N) is 6. The average molecular weight is 1770 g/mol. The topological polar surface area (TPSA) is 349 Å². The van der Waals surface area contributed by atoms with E-state index in [1.165, 1.54) is 0 Å². The molecule has 0 saturated carbocycles. The summed E-state index contributed by atoms with van der Waals surface area (Å²) in [6.45, 7) is 8.13. The van der Waals surface area contributed by atoms with Crippen LogP contribution >= 0.6 is 0 Å². The quantitative estimate of drug-likeness (QED) is 0.0140. The first-order chi connectivity index (χ1) is 62.4. The smallest absolute Gasteiger partial charge is 0.855 e. The Morgan fingerprint density at radius 3 is 0.869 bits per heavy atom. The van der Waals surface area contributed by atoms with Crippen molar-refractivity contribution in [2.75, 3.05) is 54.6 Å². The maximum Gasteiger partial charge on any atom is 1.00 e. The van der Waals surface area contributed by atoms with Gasteiger partial charge in [-0.2, -0.15) is 0 Å². The number of aliphatic carboxylic acids is 2. The van der Waals surface area contributed by atoms with Crippen molar-refractivity contribution in [3.05, 3.63) is 359 Å². The van der Waals surface area contributed by atoms with E-state index in [2.05, 4.69) is 19.9 Å². The number of aryl methyl sites for hydroxylation is 4. The molecule has 26 heteroatoms. The Bertz CT molecular complexity index is 5460. The largest absolute Gasteiger partial charge is 1.00 e. The zero-order chi connectivity index (χ0) is 92.7. The van der Waals surface area contributed by atoms with Crippen LogP contribution in [0.25, 0.3) is 11.6 Å². The van der Waals surface area contributed by atoms with Gasteiger partial charge >= 0.3 is 59.4 Å². The predicted molar refractivity (Wildman–Crippen MR) is 492 cm³/mol. The summed E-state index contributed by atoms with van der Waals surface area (Å²) in [5, 5.41) is 28.2. The van der Waals surface area contributed by atoms with Gasteiger partial charge in [-0.05, 0) is 260 Å². The Kier molecular flexibility index (Phi) is 44.6. The SMILES string of the molecule is CCOC(=O)CCc1ccc(Oc2ccc(/C(=C\c3cccnc3)C(=O)O)cc2)cc1.CCOC(=O)CCc1ccc(Oc2ccc(C(Cc3cccnc3)C(=O)N(C)C)cc2)cc1.CCOC(=O)CCc1ccc(Oc2ccc(C(Cc3cccnc3)C(=O)O)cc2)cc1.CC[O-].CN(C)C(=O)C(Cc1cccnc1)c1ccc(Oc2ccc(CCC(N)=O)cc2)cc1.[Na+]. The van der Waals surface area contributed by atoms with Gasteiger partial charge in [-0.3, -0.25) is 53.5 Å². The molecule has 3 unspecified atom stereocenters. The number of nitrogens with two attached hydrogens (primary N) is 1. The van der Waals surface area contributed by atoms with Gasteiger partial charge in [0.1, 0.15) is 46.0 Å². The molecule has 4 aromatic heterocycles. The van der Waals surface area contributed by atoms with Gasteiger partial charge in [-0.1, -0.05) is 128 Å². The molecule has 12 rings (SSSR count). The van der Waals surface area contributed by atoms with E-state index in [4.69, 9.17) is 44.0 Å². The van der Waals surface area contributed by atoms with Gasteiger partial charge in [0.05, 0.1) is 43.1 Å². The second-order valence-corrected chi connectivity index (χ2v) is 29.7. The summed E-state index contributed by atoms with van der Waals surface area (Å²) in [7, 11) is 7.07. The minimum absolute atomic E-state index is 0. The van der Waals surface area contributed by atoms with Gasteiger partial charge in [0.25, 0.3) is 0 Å². The van der Waals surface area contributed by atoms with Crippen LogP contribution in [0.5, 0.6) is 46.0 Å². The van der Waals surface area contributed by atoms with E-state index in [9.17, 15) is 48.6 Å². The second-order valence-electron chi connectivity index (χ2n) is 29.7. The molecule has 25 nitrogen and oxygen atoms in total. The van der Waals surface area contributed by atoms with E-state index in [0.29, 0.717) is 153 Å². The molecule has 0 aliphatic rings. The molecular weight excluding hydrogens is 1660 g/mol. The second kappa shape index (κ2) is 56.3.